The number of nitrogens with zero attached hydrogens (tertiary/aromatic N) is 4. The van der Waals surface area contributed by atoms with E-state index in [9.17, 15) is 0 Å². The van der Waals surface area contributed by atoms with E-state index in [0.29, 0.717) is 0 Å². The average Bonchev–Trinajstić information content (AvgIpc) is 3.79. The Labute approximate surface area is 315 Å². The molecule has 1 aliphatic heterocycles. The molecule has 0 aromatic carbocycles. The minimum absolute atomic E-state index is 0. The molecule has 3 rings (SSSR count). The molecule has 1 aliphatic rings. The third-order valence-electron chi connectivity index (χ3n) is 11.0. The summed E-state index contributed by atoms with van der Waals surface area (Å²) in [4.78, 5) is 20.0. The first-order valence-corrected chi connectivity index (χ1v) is 17.9. The zero-order chi connectivity index (χ0) is 35.1. The summed E-state index contributed by atoms with van der Waals surface area (Å²) in [5.41, 5.74) is 5.33. The molecule has 0 N–H and O–H groups in total. The van der Waals surface area contributed by atoms with Crippen LogP contribution in [0.5, 0.6) is 0 Å². The van der Waals surface area contributed by atoms with Gasteiger partial charge in [0.15, 0.2) is 0 Å². The molecule has 0 fully saturated rings. The number of hydrogen-bond acceptors (Lipinski definition) is 3. The molecule has 2 aromatic rings. The first-order chi connectivity index (χ1) is 20.5. The Morgan fingerprint density at radius 1 is 0.478 bits per heavy atom. The van der Waals surface area contributed by atoms with E-state index in [1.54, 1.807) is 0 Å². The van der Waals surface area contributed by atoms with Crippen molar-refractivity contribution in [1.82, 2.24) is 19.9 Å². The Bertz CT molecular complexity index is 1050. The number of ether oxygens (including phenoxy) is 1. The van der Waals surface area contributed by atoms with E-state index >= 15 is 0 Å². The van der Waals surface area contributed by atoms with Crippen molar-refractivity contribution in [2.75, 3.05) is 13.2 Å². The van der Waals surface area contributed by atoms with Gasteiger partial charge in [-0.15, -0.1) is 0 Å². The van der Waals surface area contributed by atoms with Crippen molar-refractivity contribution in [3.05, 3.63) is 46.6 Å². The third-order valence-corrected chi connectivity index (χ3v) is 11.0. The summed E-state index contributed by atoms with van der Waals surface area (Å²) in [5, 5.41) is 0. The summed E-state index contributed by atoms with van der Waals surface area (Å²) >= 11 is 0. The Morgan fingerprint density at radius 2 is 0.739 bits per heavy atom. The van der Waals surface area contributed by atoms with Gasteiger partial charge in [-0.05, 0) is 71.0 Å². The van der Waals surface area contributed by atoms with E-state index in [2.05, 4.69) is 125 Å². The minimum Gasteiger partial charge on any atom is -0.442 e. The van der Waals surface area contributed by atoms with Crippen molar-refractivity contribution >= 4 is 37.7 Å². The van der Waals surface area contributed by atoms with E-state index in [4.69, 9.17) is 24.7 Å². The normalized spacial score (nSPS) is 14.3. The second-order valence-electron chi connectivity index (χ2n) is 16.9. The van der Waals surface area contributed by atoms with Crippen LogP contribution < -0.4 is 9.97 Å². The van der Waals surface area contributed by atoms with Crippen LogP contribution in [0, 0.1) is 0 Å². The van der Waals surface area contributed by atoms with Crippen LogP contribution in [0.4, 0.5) is 0 Å². The Morgan fingerprint density at radius 3 is 0.935 bits per heavy atom. The summed E-state index contributed by atoms with van der Waals surface area (Å²) in [6.45, 7) is 42.3. The Balaban J connectivity index is 0.000000747. The molecular formula is C40H72CaN4O. The summed E-state index contributed by atoms with van der Waals surface area (Å²) in [7, 11) is 0. The molecule has 2 aromatic heterocycles. The van der Waals surface area contributed by atoms with E-state index in [1.165, 1.54) is 22.8 Å². The van der Waals surface area contributed by atoms with Gasteiger partial charge in [-0.1, -0.05) is 171 Å². The van der Waals surface area contributed by atoms with E-state index < -0.39 is 0 Å². The average molecular weight is 665 g/mol. The maximum absolute atomic E-state index is 5.00. The van der Waals surface area contributed by atoms with Gasteiger partial charge in [-0.25, -0.2) is 0 Å². The van der Waals surface area contributed by atoms with Crippen molar-refractivity contribution in [3.8, 4) is 0 Å². The summed E-state index contributed by atoms with van der Waals surface area (Å²) in [5.74, 6) is 2.04. The number of imidazole rings is 2. The first-order valence-electron chi connectivity index (χ1n) is 17.9. The molecule has 46 heavy (non-hydrogen) atoms. The van der Waals surface area contributed by atoms with Crippen LogP contribution in [0.25, 0.3) is 0 Å². The second kappa shape index (κ2) is 17.9. The van der Waals surface area contributed by atoms with Crippen LogP contribution in [-0.4, -0.2) is 60.9 Å². The predicted molar refractivity (Wildman–Crippen MR) is 201 cm³/mol. The predicted octanol–water partition coefficient (Wildman–Crippen LogP) is 10.4. The fraction of sp³-hybridized carbons (Fsp3) is 0.800. The third kappa shape index (κ3) is 11.5. The summed E-state index contributed by atoms with van der Waals surface area (Å²) in [6.07, 6.45) is 10.5. The van der Waals surface area contributed by atoms with Crippen LogP contribution in [0.2, 0.25) is 0 Å². The van der Waals surface area contributed by atoms with Gasteiger partial charge >= 0.3 is 37.7 Å². The molecule has 0 atom stereocenters. The molecule has 0 bridgehead atoms. The van der Waals surface area contributed by atoms with Gasteiger partial charge in [0.1, 0.15) is 0 Å². The zero-order valence-electron chi connectivity index (χ0n) is 33.7. The van der Waals surface area contributed by atoms with Gasteiger partial charge in [0.25, 0.3) is 0 Å². The molecule has 0 saturated carbocycles. The quantitative estimate of drug-likeness (QED) is 0.167. The van der Waals surface area contributed by atoms with E-state index in [1.807, 2.05) is 12.2 Å². The SMILES string of the molecule is C1=CCOC1.CCC(C)(C)c1nc(C(C)(C)CC)c(C(C)(C)CC)[n-]1.CCC(C)(C)c1nc(C(C)(C)CC)c(C(C)(C)CC)[n-]1.[Ca+2]. The fourth-order valence-corrected chi connectivity index (χ4v) is 4.50. The molecule has 0 aliphatic carbocycles. The molecule has 0 radical (unpaired) electrons. The van der Waals surface area contributed by atoms with Crippen LogP contribution in [-0.2, 0) is 37.2 Å². The largest absolute Gasteiger partial charge is 2.00 e. The maximum Gasteiger partial charge on any atom is 2.00 e. The Hall–Kier alpha value is -0.620. The molecule has 0 saturated heterocycles. The topological polar surface area (TPSA) is 63.2 Å². The van der Waals surface area contributed by atoms with Crippen LogP contribution in [0.15, 0.2) is 12.2 Å². The molecule has 0 unspecified atom stereocenters. The number of rotatable bonds is 12. The smallest absolute Gasteiger partial charge is 0.442 e. The number of aromatic nitrogens is 4. The second-order valence-corrected chi connectivity index (χ2v) is 16.9. The van der Waals surface area contributed by atoms with E-state index in [0.717, 1.165) is 63.4 Å². The van der Waals surface area contributed by atoms with Gasteiger partial charge < -0.3 is 24.7 Å². The van der Waals surface area contributed by atoms with Gasteiger partial charge in [-0.3, -0.25) is 0 Å². The molecule has 260 valence electrons. The monoisotopic (exact) mass is 665 g/mol. The molecule has 6 heteroatoms. The molecule has 3 heterocycles. The van der Waals surface area contributed by atoms with Crippen LogP contribution in [0.3, 0.4) is 0 Å². The minimum atomic E-state index is 0. The fourth-order valence-electron chi connectivity index (χ4n) is 4.50. The molecule has 5 nitrogen and oxygen atoms in total. The van der Waals surface area contributed by atoms with Gasteiger partial charge in [0.2, 0.25) is 0 Å². The molecular weight excluding hydrogens is 593 g/mol. The van der Waals surface area contributed by atoms with Gasteiger partial charge in [0.05, 0.1) is 13.2 Å². The van der Waals surface area contributed by atoms with E-state index in [-0.39, 0.29) is 70.2 Å². The van der Waals surface area contributed by atoms with Gasteiger partial charge in [-0.2, -0.15) is 0 Å². The molecule has 0 amide bonds. The molecule has 0 spiro atoms. The number of hydrogen-bond donors (Lipinski definition) is 0. The maximum atomic E-state index is 5.00. The van der Waals surface area contributed by atoms with Crippen molar-refractivity contribution in [1.29, 1.82) is 0 Å². The summed E-state index contributed by atoms with van der Waals surface area (Å²) < 4.78 is 4.83. The standard InChI is InChI=1S/2C18H33N2.C4H6O.Ca/c2*1-10-16(4,5)13-14(17(6,7)11-2)20-15(19-13)18(8,9)12-3;1-2-4-5-3-1;/h2*10-12H2,1-9H3;1-2H,3-4H2;/q2*-1;;+2. The first kappa shape index (κ1) is 45.4. The zero-order valence-corrected chi connectivity index (χ0v) is 35.9. The van der Waals surface area contributed by atoms with Crippen molar-refractivity contribution < 1.29 is 4.74 Å². The van der Waals surface area contributed by atoms with Gasteiger partial charge in [0, 0.05) is 0 Å². The Kier molecular flexibility index (Phi) is 17.6. The van der Waals surface area contributed by atoms with Crippen LogP contribution >= 0.6 is 0 Å². The van der Waals surface area contributed by atoms with Crippen molar-refractivity contribution in [3.63, 3.8) is 0 Å². The summed E-state index contributed by atoms with van der Waals surface area (Å²) in [6, 6.07) is 0. The van der Waals surface area contributed by atoms with Crippen LogP contribution in [0.1, 0.15) is 198 Å². The van der Waals surface area contributed by atoms with Crippen molar-refractivity contribution in [2.24, 2.45) is 0 Å². The van der Waals surface area contributed by atoms with Crippen molar-refractivity contribution in [2.45, 2.75) is 196 Å².